The van der Waals surface area contributed by atoms with E-state index >= 15 is 0 Å². The number of aromatic nitrogens is 4. The topological polar surface area (TPSA) is 183 Å². The zero-order valence-electron chi connectivity index (χ0n) is 11.4. The van der Waals surface area contributed by atoms with E-state index in [0.717, 1.165) is 0 Å². The van der Waals surface area contributed by atoms with Crippen LogP contribution in [0.2, 0.25) is 0 Å². The number of nitrogen functional groups attached to an aromatic ring is 1. The van der Waals surface area contributed by atoms with E-state index in [1.54, 1.807) is 0 Å². The second kappa shape index (κ2) is 5.63. The van der Waals surface area contributed by atoms with Crippen LogP contribution in [0.3, 0.4) is 0 Å². The number of nitrogens with zero attached hydrogens (tertiary/aromatic N) is 4. The molecule has 1 fully saturated rings. The summed E-state index contributed by atoms with van der Waals surface area (Å²) in [5.41, 5.74) is 6.21. The van der Waals surface area contributed by atoms with E-state index in [0.29, 0.717) is 0 Å². The molecule has 3 heterocycles. The molecule has 126 valence electrons. The highest BCUT2D eigenvalue weighted by atomic mass is 32.3. The van der Waals surface area contributed by atoms with Gasteiger partial charge in [-0.25, -0.2) is 19.1 Å². The first-order chi connectivity index (χ1) is 10.8. The molecule has 1 saturated heterocycles. The van der Waals surface area contributed by atoms with Crippen LogP contribution in [0.25, 0.3) is 11.2 Å². The second-order valence-electron chi connectivity index (χ2n) is 4.84. The Morgan fingerprint density at radius 1 is 1.30 bits per heavy atom. The Bertz CT molecular complexity index is 824. The highest BCUT2D eigenvalue weighted by Crippen LogP contribution is 2.32. The van der Waals surface area contributed by atoms with E-state index in [9.17, 15) is 18.6 Å². The molecule has 0 spiro atoms. The molecule has 13 heteroatoms. The smallest absolute Gasteiger partial charge is 0.387 e. The summed E-state index contributed by atoms with van der Waals surface area (Å²) in [5.74, 6) is 0.132. The third kappa shape index (κ3) is 2.97. The van der Waals surface area contributed by atoms with Crippen molar-refractivity contribution in [1.29, 1.82) is 0 Å². The summed E-state index contributed by atoms with van der Waals surface area (Å²) in [4.78, 5) is 11.8. The maximum Gasteiger partial charge on any atom is 0.397 e. The van der Waals surface area contributed by atoms with E-state index in [-0.39, 0.29) is 17.0 Å². The molecule has 23 heavy (non-hydrogen) atoms. The zero-order valence-corrected chi connectivity index (χ0v) is 12.2. The van der Waals surface area contributed by atoms with Crippen LogP contribution in [0.4, 0.5) is 5.82 Å². The second-order valence-corrected chi connectivity index (χ2v) is 5.93. The van der Waals surface area contributed by atoms with Crippen molar-refractivity contribution in [2.75, 3.05) is 12.3 Å². The van der Waals surface area contributed by atoms with Gasteiger partial charge >= 0.3 is 10.4 Å². The van der Waals surface area contributed by atoms with Gasteiger partial charge in [-0.2, -0.15) is 8.42 Å². The number of anilines is 1. The summed E-state index contributed by atoms with van der Waals surface area (Å²) in [5, 5.41) is 20.0. The Morgan fingerprint density at radius 2 is 2.04 bits per heavy atom. The predicted octanol–water partition coefficient (Wildman–Crippen LogP) is -2.15. The molecule has 0 saturated carbocycles. The van der Waals surface area contributed by atoms with Gasteiger partial charge in [-0.1, -0.05) is 0 Å². The molecule has 4 unspecified atom stereocenters. The van der Waals surface area contributed by atoms with Crippen molar-refractivity contribution in [3.8, 4) is 0 Å². The van der Waals surface area contributed by atoms with E-state index in [2.05, 4.69) is 19.1 Å². The number of fused-ring (bicyclic) bond motifs is 1. The van der Waals surface area contributed by atoms with Crippen LogP contribution in [-0.4, -0.2) is 67.6 Å². The van der Waals surface area contributed by atoms with Gasteiger partial charge in [0.15, 0.2) is 17.7 Å². The number of hydrogen-bond acceptors (Lipinski definition) is 10. The monoisotopic (exact) mass is 347 g/mol. The van der Waals surface area contributed by atoms with Crippen molar-refractivity contribution in [2.45, 2.75) is 24.5 Å². The summed E-state index contributed by atoms with van der Waals surface area (Å²) in [6, 6.07) is 0. The summed E-state index contributed by atoms with van der Waals surface area (Å²) < 4.78 is 40.6. The SMILES string of the molecule is Nc1ncnc2c1ncn2C1OC(COS(=O)(=O)O)C(O)C1O. The van der Waals surface area contributed by atoms with Crippen LogP contribution in [0, 0.1) is 0 Å². The normalized spacial score (nSPS) is 28.5. The minimum atomic E-state index is -4.69. The average Bonchev–Trinajstić information content (AvgIpc) is 3.01. The van der Waals surface area contributed by atoms with Crippen LogP contribution in [0.15, 0.2) is 12.7 Å². The summed E-state index contributed by atoms with van der Waals surface area (Å²) in [6.07, 6.45) is -2.64. The maximum absolute atomic E-state index is 10.6. The molecule has 0 aliphatic carbocycles. The fraction of sp³-hybridized carbons (Fsp3) is 0.500. The third-order valence-electron chi connectivity index (χ3n) is 3.38. The quantitative estimate of drug-likeness (QED) is 0.442. The first-order valence-electron chi connectivity index (χ1n) is 6.34. The highest BCUT2D eigenvalue weighted by Gasteiger charge is 2.45. The van der Waals surface area contributed by atoms with Crippen molar-refractivity contribution in [3.63, 3.8) is 0 Å². The largest absolute Gasteiger partial charge is 0.397 e. The summed E-state index contributed by atoms with van der Waals surface area (Å²) >= 11 is 0. The van der Waals surface area contributed by atoms with Crippen molar-refractivity contribution in [3.05, 3.63) is 12.7 Å². The Kier molecular flexibility index (Phi) is 3.91. The highest BCUT2D eigenvalue weighted by molar-refractivity contribution is 7.80. The van der Waals surface area contributed by atoms with Gasteiger partial charge in [0.25, 0.3) is 0 Å². The van der Waals surface area contributed by atoms with Gasteiger partial charge in [0, 0.05) is 0 Å². The molecule has 5 N–H and O–H groups in total. The number of hydrogen-bond donors (Lipinski definition) is 4. The van der Waals surface area contributed by atoms with Gasteiger partial charge in [0.05, 0.1) is 12.9 Å². The van der Waals surface area contributed by atoms with Gasteiger partial charge in [-0.3, -0.25) is 9.12 Å². The number of imidazole rings is 1. The van der Waals surface area contributed by atoms with Crippen LogP contribution in [0.1, 0.15) is 6.23 Å². The van der Waals surface area contributed by atoms with Crippen molar-refractivity contribution in [2.24, 2.45) is 0 Å². The number of aliphatic hydroxyl groups is 2. The zero-order chi connectivity index (χ0) is 16.8. The number of rotatable bonds is 4. The lowest BCUT2D eigenvalue weighted by molar-refractivity contribution is -0.0478. The van der Waals surface area contributed by atoms with Gasteiger partial charge in [0.2, 0.25) is 0 Å². The molecule has 1 aliphatic heterocycles. The molecule has 0 bridgehead atoms. The van der Waals surface area contributed by atoms with Crippen LogP contribution >= 0.6 is 0 Å². The standard InChI is InChI=1S/C10H13N5O7S/c11-8-5-9(13-2-12-8)15(3-14-5)10-7(17)6(16)4(22-10)1-21-23(18,19)20/h2-4,6-7,10,16-17H,1H2,(H2,11,12,13)(H,18,19,20). The van der Waals surface area contributed by atoms with Crippen LogP contribution in [0.5, 0.6) is 0 Å². The lowest BCUT2D eigenvalue weighted by atomic mass is 10.1. The Balaban J connectivity index is 1.86. The van der Waals surface area contributed by atoms with Crippen LogP contribution < -0.4 is 5.73 Å². The fourth-order valence-electron chi connectivity index (χ4n) is 2.31. The first kappa shape index (κ1) is 16.0. The summed E-state index contributed by atoms with van der Waals surface area (Å²) in [6.45, 7) is -0.669. The van der Waals surface area contributed by atoms with Crippen molar-refractivity contribution < 1.29 is 32.1 Å². The molecular formula is C10H13N5O7S. The third-order valence-corrected chi connectivity index (χ3v) is 3.81. The Morgan fingerprint density at radius 3 is 2.74 bits per heavy atom. The maximum atomic E-state index is 10.6. The summed E-state index contributed by atoms with van der Waals surface area (Å²) in [7, 11) is -4.69. The number of nitrogens with two attached hydrogens (primary N) is 1. The van der Waals surface area contributed by atoms with E-state index in [1.807, 2.05) is 0 Å². The fourth-order valence-corrected chi connectivity index (χ4v) is 2.61. The molecule has 0 aromatic carbocycles. The molecule has 2 aromatic rings. The van der Waals surface area contributed by atoms with E-state index in [4.69, 9.17) is 15.0 Å². The molecule has 3 rings (SSSR count). The van der Waals surface area contributed by atoms with Gasteiger partial charge in [-0.15, -0.1) is 0 Å². The van der Waals surface area contributed by atoms with E-state index < -0.39 is 41.5 Å². The van der Waals surface area contributed by atoms with Crippen molar-refractivity contribution >= 4 is 27.4 Å². The predicted molar refractivity (Wildman–Crippen MR) is 73.2 cm³/mol. The molecular weight excluding hydrogens is 334 g/mol. The lowest BCUT2D eigenvalue weighted by Gasteiger charge is -2.16. The van der Waals surface area contributed by atoms with Crippen molar-refractivity contribution in [1.82, 2.24) is 19.5 Å². The molecule has 4 atom stereocenters. The Labute approximate surface area is 129 Å². The van der Waals surface area contributed by atoms with E-state index in [1.165, 1.54) is 17.2 Å². The van der Waals surface area contributed by atoms with Crippen LogP contribution in [-0.2, 0) is 19.3 Å². The van der Waals surface area contributed by atoms with Gasteiger partial charge in [-0.05, 0) is 0 Å². The van der Waals surface area contributed by atoms with Gasteiger partial charge in [0.1, 0.15) is 30.2 Å². The molecule has 0 radical (unpaired) electrons. The van der Waals surface area contributed by atoms with Gasteiger partial charge < -0.3 is 20.7 Å². The molecule has 1 aliphatic rings. The number of ether oxygens (including phenoxy) is 1. The molecule has 12 nitrogen and oxygen atoms in total. The average molecular weight is 347 g/mol. The minimum Gasteiger partial charge on any atom is -0.387 e. The molecule has 2 aromatic heterocycles. The Hall–Kier alpha value is -1.90. The lowest BCUT2D eigenvalue weighted by Crippen LogP contribution is -2.34. The first-order valence-corrected chi connectivity index (χ1v) is 7.71. The number of aliphatic hydroxyl groups excluding tert-OH is 2. The minimum absolute atomic E-state index is 0.132. The molecule has 0 amide bonds.